The summed E-state index contributed by atoms with van der Waals surface area (Å²) in [5.74, 6) is 0.454. The first kappa shape index (κ1) is 8.86. The highest BCUT2D eigenvalue weighted by atomic mass is 127. The lowest BCUT2D eigenvalue weighted by atomic mass is 10.0. The van der Waals surface area contributed by atoms with E-state index in [1.165, 1.54) is 0 Å². The molecule has 0 aromatic heterocycles. The van der Waals surface area contributed by atoms with E-state index in [1.807, 2.05) is 6.08 Å². The fourth-order valence-corrected chi connectivity index (χ4v) is 1.96. The number of alkyl halides is 1. The number of hydrogen-bond donors (Lipinski definition) is 3. The molecule has 0 aromatic rings. The van der Waals surface area contributed by atoms with Crippen molar-refractivity contribution in [1.82, 2.24) is 10.9 Å². The maximum absolute atomic E-state index is 5.29. The molecule has 1 aliphatic heterocycles. The van der Waals surface area contributed by atoms with E-state index in [0.717, 1.165) is 12.2 Å². The Morgan fingerprint density at radius 3 is 3.00 bits per heavy atom. The van der Waals surface area contributed by atoms with Gasteiger partial charge in [0.25, 0.3) is 0 Å². The second-order valence-electron chi connectivity index (χ2n) is 2.47. The van der Waals surface area contributed by atoms with Gasteiger partial charge in [0, 0.05) is 22.1 Å². The standard InChI is InChI=1S/C7H12IN3/c1-5-6(4-10-11-5)7(8)2-3-9/h2-3,6-7,10-11H,1,4,9H2/b3-2-. The zero-order valence-electron chi connectivity index (χ0n) is 6.18. The van der Waals surface area contributed by atoms with Crippen LogP contribution in [0.2, 0.25) is 0 Å². The minimum Gasteiger partial charge on any atom is -0.405 e. The van der Waals surface area contributed by atoms with E-state index >= 15 is 0 Å². The number of rotatable bonds is 2. The first-order valence-corrected chi connectivity index (χ1v) is 4.70. The average molecular weight is 265 g/mol. The lowest BCUT2D eigenvalue weighted by Gasteiger charge is -2.11. The van der Waals surface area contributed by atoms with Crippen LogP contribution in [0.25, 0.3) is 0 Å². The highest BCUT2D eigenvalue weighted by Gasteiger charge is 2.23. The molecule has 0 radical (unpaired) electrons. The van der Waals surface area contributed by atoms with Crippen molar-refractivity contribution < 1.29 is 0 Å². The fourth-order valence-electron chi connectivity index (χ4n) is 1.04. The molecule has 0 amide bonds. The van der Waals surface area contributed by atoms with Gasteiger partial charge in [-0.1, -0.05) is 35.2 Å². The molecule has 1 saturated heterocycles. The van der Waals surface area contributed by atoms with Crippen LogP contribution in [0.4, 0.5) is 0 Å². The maximum atomic E-state index is 5.29. The van der Waals surface area contributed by atoms with E-state index in [9.17, 15) is 0 Å². The van der Waals surface area contributed by atoms with E-state index < -0.39 is 0 Å². The summed E-state index contributed by atoms with van der Waals surface area (Å²) >= 11 is 2.35. The summed E-state index contributed by atoms with van der Waals surface area (Å²) in [6.45, 7) is 4.81. The smallest absolute Gasteiger partial charge is 0.0402 e. The lowest BCUT2D eigenvalue weighted by molar-refractivity contribution is 0.671. The van der Waals surface area contributed by atoms with E-state index in [4.69, 9.17) is 5.73 Å². The quantitative estimate of drug-likeness (QED) is 0.503. The van der Waals surface area contributed by atoms with Crippen LogP contribution in [0, 0.1) is 5.92 Å². The Bertz CT molecular complexity index is 179. The zero-order valence-corrected chi connectivity index (χ0v) is 8.34. The highest BCUT2D eigenvalue weighted by Crippen LogP contribution is 2.22. The van der Waals surface area contributed by atoms with Crippen LogP contribution in [0.3, 0.4) is 0 Å². The third-order valence-electron chi connectivity index (χ3n) is 1.70. The van der Waals surface area contributed by atoms with E-state index in [2.05, 4.69) is 40.0 Å². The summed E-state index contributed by atoms with van der Waals surface area (Å²) in [7, 11) is 0. The van der Waals surface area contributed by atoms with Crippen molar-refractivity contribution in [1.29, 1.82) is 0 Å². The van der Waals surface area contributed by atoms with Crippen molar-refractivity contribution in [3.8, 4) is 0 Å². The van der Waals surface area contributed by atoms with Crippen LogP contribution < -0.4 is 16.6 Å². The van der Waals surface area contributed by atoms with Gasteiger partial charge in [0.05, 0.1) is 0 Å². The Hall–Kier alpha value is -0.230. The predicted octanol–water partition coefficient (Wildman–Crippen LogP) is 0.500. The largest absolute Gasteiger partial charge is 0.405 e. The summed E-state index contributed by atoms with van der Waals surface area (Å²) in [6, 6.07) is 0. The molecule has 11 heavy (non-hydrogen) atoms. The molecule has 4 N–H and O–H groups in total. The molecule has 0 aromatic carbocycles. The van der Waals surface area contributed by atoms with Gasteiger partial charge >= 0.3 is 0 Å². The first-order chi connectivity index (χ1) is 5.25. The molecule has 2 atom stereocenters. The molecule has 1 rings (SSSR count). The van der Waals surface area contributed by atoms with Crippen LogP contribution in [0.5, 0.6) is 0 Å². The number of halogens is 1. The molecule has 1 aliphatic rings. The molecular formula is C7H12IN3. The highest BCUT2D eigenvalue weighted by molar-refractivity contribution is 14.1. The monoisotopic (exact) mass is 265 g/mol. The van der Waals surface area contributed by atoms with E-state index in [-0.39, 0.29) is 0 Å². The third-order valence-corrected chi connectivity index (χ3v) is 2.98. The maximum Gasteiger partial charge on any atom is 0.0402 e. The van der Waals surface area contributed by atoms with Gasteiger partial charge in [-0.2, -0.15) is 0 Å². The van der Waals surface area contributed by atoms with Gasteiger partial charge < -0.3 is 11.2 Å². The SMILES string of the molecule is C=C1NNCC1C(I)/C=C\N. The Morgan fingerprint density at radius 2 is 2.55 bits per heavy atom. The van der Waals surface area contributed by atoms with Crippen molar-refractivity contribution in [3.63, 3.8) is 0 Å². The molecule has 0 bridgehead atoms. The number of hydrogen-bond acceptors (Lipinski definition) is 3. The van der Waals surface area contributed by atoms with Crippen molar-refractivity contribution in [2.45, 2.75) is 3.92 Å². The van der Waals surface area contributed by atoms with Crippen molar-refractivity contribution in [2.24, 2.45) is 11.7 Å². The zero-order chi connectivity index (χ0) is 8.27. The molecular weight excluding hydrogens is 253 g/mol. The molecule has 62 valence electrons. The molecule has 0 aliphatic carbocycles. The Balaban J connectivity index is 2.52. The topological polar surface area (TPSA) is 50.1 Å². The van der Waals surface area contributed by atoms with Crippen LogP contribution in [-0.4, -0.2) is 10.5 Å². The van der Waals surface area contributed by atoms with Gasteiger partial charge in [-0.05, 0) is 6.20 Å². The summed E-state index contributed by atoms with van der Waals surface area (Å²) in [4.78, 5) is 0. The van der Waals surface area contributed by atoms with Gasteiger partial charge in [-0.3, -0.25) is 0 Å². The van der Waals surface area contributed by atoms with Crippen LogP contribution in [-0.2, 0) is 0 Å². The number of nitrogens with two attached hydrogens (primary N) is 1. The minimum absolute atomic E-state index is 0.424. The van der Waals surface area contributed by atoms with E-state index in [1.54, 1.807) is 6.20 Å². The second-order valence-corrected chi connectivity index (χ2v) is 3.91. The van der Waals surface area contributed by atoms with Gasteiger partial charge in [0.1, 0.15) is 0 Å². The Morgan fingerprint density at radius 1 is 1.82 bits per heavy atom. The molecule has 0 saturated carbocycles. The summed E-state index contributed by atoms with van der Waals surface area (Å²) < 4.78 is 0.424. The summed E-state index contributed by atoms with van der Waals surface area (Å²) in [5.41, 5.74) is 12.3. The lowest BCUT2D eigenvalue weighted by Crippen LogP contribution is -2.20. The van der Waals surface area contributed by atoms with Gasteiger partial charge in [-0.15, -0.1) is 0 Å². The molecule has 2 unspecified atom stereocenters. The van der Waals surface area contributed by atoms with Crippen LogP contribution >= 0.6 is 22.6 Å². The molecule has 1 heterocycles. The Labute approximate surface area is 80.2 Å². The van der Waals surface area contributed by atoms with Gasteiger partial charge in [0.15, 0.2) is 0 Å². The normalized spacial score (nSPS) is 27.4. The molecule has 1 fully saturated rings. The predicted molar refractivity (Wildman–Crippen MR) is 54.9 cm³/mol. The fraction of sp³-hybridized carbons (Fsp3) is 0.429. The van der Waals surface area contributed by atoms with Gasteiger partial charge in [0.2, 0.25) is 0 Å². The molecule has 4 heteroatoms. The van der Waals surface area contributed by atoms with E-state index in [0.29, 0.717) is 9.84 Å². The van der Waals surface area contributed by atoms with Crippen LogP contribution in [0.15, 0.2) is 24.6 Å². The minimum atomic E-state index is 0.424. The van der Waals surface area contributed by atoms with Gasteiger partial charge in [-0.25, -0.2) is 5.43 Å². The van der Waals surface area contributed by atoms with Crippen molar-refractivity contribution in [2.75, 3.05) is 6.54 Å². The Kier molecular flexibility index (Phi) is 3.19. The molecule has 3 nitrogen and oxygen atoms in total. The first-order valence-electron chi connectivity index (χ1n) is 3.46. The second kappa shape index (κ2) is 3.96. The summed E-state index contributed by atoms with van der Waals surface area (Å²) in [5, 5.41) is 0. The van der Waals surface area contributed by atoms with Crippen LogP contribution in [0.1, 0.15) is 0 Å². The average Bonchev–Trinajstić information content (AvgIpc) is 2.36. The molecule has 0 spiro atoms. The van der Waals surface area contributed by atoms with Crippen molar-refractivity contribution in [3.05, 3.63) is 24.6 Å². The van der Waals surface area contributed by atoms with Crippen molar-refractivity contribution >= 4 is 22.6 Å². The number of hydrazine groups is 1. The summed E-state index contributed by atoms with van der Waals surface area (Å²) in [6.07, 6.45) is 3.56. The third kappa shape index (κ3) is 2.10. The number of allylic oxidation sites excluding steroid dienone is 1. The number of nitrogens with one attached hydrogen (secondary N) is 2.